The minimum Gasteiger partial charge on any atom is -0.389 e. The van der Waals surface area contributed by atoms with Gasteiger partial charge in [-0.2, -0.15) is 0 Å². The molecule has 14 N–H and O–H groups in total. The Kier molecular flexibility index (Phi) is 9.16. The third-order valence-corrected chi connectivity index (χ3v) is 7.63. The summed E-state index contributed by atoms with van der Waals surface area (Å²) in [7, 11) is 1.54. The van der Waals surface area contributed by atoms with E-state index in [1.807, 2.05) is 0 Å². The Balaban J connectivity index is 1.44. The van der Waals surface area contributed by atoms with Crippen LogP contribution in [-0.4, -0.2) is 143 Å². The highest BCUT2D eigenvalue weighted by atomic mass is 16.8. The number of carbonyl (C=O) groups is 1. The van der Waals surface area contributed by atoms with Crippen LogP contribution in [-0.2, 0) is 28.5 Å². The first-order valence-corrected chi connectivity index (χ1v) is 12.3. The average Bonchev–Trinajstić information content (AvgIpc) is 2.86. The first-order chi connectivity index (χ1) is 17.5. The lowest BCUT2D eigenvalue weighted by Crippen LogP contribution is -2.70. The maximum Gasteiger partial charge on any atom is 0.190 e. The van der Waals surface area contributed by atoms with Crippen LogP contribution in [0.3, 0.4) is 0 Å². The summed E-state index contributed by atoms with van der Waals surface area (Å²) < 4.78 is 29.0. The highest BCUT2D eigenvalue weighted by molar-refractivity contribution is 5.58. The van der Waals surface area contributed by atoms with Gasteiger partial charge in [0.05, 0.1) is 30.3 Å². The molecule has 0 amide bonds. The first-order valence-electron chi connectivity index (χ1n) is 12.3. The number of rotatable bonds is 6. The second-order valence-corrected chi connectivity index (χ2v) is 10.2. The van der Waals surface area contributed by atoms with Crippen LogP contribution in [0.1, 0.15) is 12.8 Å². The van der Waals surface area contributed by atoms with Crippen LogP contribution in [0.2, 0.25) is 0 Å². The molecular formula is C21H39N5O11. The van der Waals surface area contributed by atoms with Gasteiger partial charge < -0.3 is 82.3 Å². The van der Waals surface area contributed by atoms with Crippen molar-refractivity contribution >= 4 is 6.29 Å². The predicted molar refractivity (Wildman–Crippen MR) is 122 cm³/mol. The van der Waals surface area contributed by atoms with Gasteiger partial charge in [-0.25, -0.2) is 0 Å². The number of fused-ring (bicyclic) bond motifs is 1. The van der Waals surface area contributed by atoms with Crippen LogP contribution >= 0.6 is 0 Å². The minimum absolute atomic E-state index is 0.140. The van der Waals surface area contributed by atoms with E-state index in [0.29, 0.717) is 6.29 Å². The largest absolute Gasteiger partial charge is 0.389 e. The molecule has 0 aromatic rings. The molecule has 0 radical (unpaired) electrons. The van der Waals surface area contributed by atoms with Gasteiger partial charge in [0.1, 0.15) is 42.7 Å². The van der Waals surface area contributed by atoms with Crippen molar-refractivity contribution in [3.8, 4) is 0 Å². The summed E-state index contributed by atoms with van der Waals surface area (Å²) in [5, 5.41) is 55.1. The van der Waals surface area contributed by atoms with Crippen LogP contribution in [0, 0.1) is 0 Å². The quantitative estimate of drug-likeness (QED) is 0.141. The van der Waals surface area contributed by atoms with Crippen LogP contribution < -0.4 is 28.3 Å². The zero-order chi connectivity index (χ0) is 27.2. The number of likely N-dealkylation sites (N-methyl/N-ethyl adjacent to an activating group) is 1. The maximum absolute atomic E-state index is 11.3. The fraction of sp³-hybridized carbons (Fsp3) is 0.952. The normalized spacial score (nSPS) is 54.9. The lowest BCUT2D eigenvalue weighted by Gasteiger charge is -2.51. The Morgan fingerprint density at radius 3 is 2.11 bits per heavy atom. The molecule has 4 rings (SSSR count). The van der Waals surface area contributed by atoms with Gasteiger partial charge in [-0.05, 0) is 19.9 Å². The first kappa shape index (κ1) is 29.1. The molecule has 0 aromatic heterocycles. The molecule has 1 aliphatic carbocycles. The van der Waals surface area contributed by atoms with E-state index in [2.05, 4.69) is 5.32 Å². The van der Waals surface area contributed by atoms with Gasteiger partial charge in [0, 0.05) is 12.1 Å². The smallest absolute Gasteiger partial charge is 0.190 e. The standard InChI is InChI=1S/C21H39N5O11/c1-26-11-14(30)18-8(33-20(11)37-21-16(32)13(29)10(25)9(4-27)34-21)3-7(24)19(36-18)35-17-6(23)2-5(22)12(28)15(17)31/h4-21,26,28-32H,2-3,22-25H2,1H3/t5-,6?,7?,8+,9?,10-,11?,12?,13?,14?,15?,16?,17-,18?,19+,20-,21-/m1/s1. The molecule has 3 heterocycles. The van der Waals surface area contributed by atoms with E-state index in [-0.39, 0.29) is 12.8 Å². The second kappa shape index (κ2) is 11.7. The molecule has 37 heavy (non-hydrogen) atoms. The molecule has 4 fully saturated rings. The van der Waals surface area contributed by atoms with Crippen molar-refractivity contribution in [2.45, 2.75) is 117 Å². The van der Waals surface area contributed by atoms with Gasteiger partial charge in [-0.1, -0.05) is 0 Å². The summed E-state index contributed by atoms with van der Waals surface area (Å²) in [6.07, 6.45) is -13.9. The number of ether oxygens (including phenoxy) is 5. The zero-order valence-electron chi connectivity index (χ0n) is 20.3. The summed E-state index contributed by atoms with van der Waals surface area (Å²) >= 11 is 0. The monoisotopic (exact) mass is 537 g/mol. The van der Waals surface area contributed by atoms with E-state index < -0.39 is 104 Å². The molecule has 0 spiro atoms. The van der Waals surface area contributed by atoms with Crippen molar-refractivity contribution in [2.75, 3.05) is 7.05 Å². The Morgan fingerprint density at radius 2 is 1.46 bits per heavy atom. The molecule has 1 saturated carbocycles. The van der Waals surface area contributed by atoms with E-state index in [1.165, 1.54) is 7.05 Å². The van der Waals surface area contributed by atoms with E-state index in [0.717, 1.165) is 0 Å². The topological polar surface area (TPSA) is 280 Å². The highest BCUT2D eigenvalue weighted by Gasteiger charge is 2.54. The Bertz CT molecular complexity index is 785. The van der Waals surface area contributed by atoms with Crippen molar-refractivity contribution in [3.05, 3.63) is 0 Å². The molecule has 0 bridgehead atoms. The van der Waals surface area contributed by atoms with E-state index >= 15 is 0 Å². The molecule has 3 saturated heterocycles. The number of carbonyl (C=O) groups excluding carboxylic acids is 1. The lowest BCUT2D eigenvalue weighted by atomic mass is 9.84. The number of hydrogen-bond acceptors (Lipinski definition) is 16. The van der Waals surface area contributed by atoms with Crippen molar-refractivity contribution in [1.29, 1.82) is 0 Å². The Morgan fingerprint density at radius 1 is 0.757 bits per heavy atom. The average molecular weight is 538 g/mol. The molecule has 16 heteroatoms. The summed E-state index contributed by atoms with van der Waals surface area (Å²) in [5.41, 5.74) is 23.9. The van der Waals surface area contributed by atoms with E-state index in [1.54, 1.807) is 0 Å². The second-order valence-electron chi connectivity index (χ2n) is 10.2. The summed E-state index contributed by atoms with van der Waals surface area (Å²) in [6.45, 7) is 0. The summed E-state index contributed by atoms with van der Waals surface area (Å²) in [4.78, 5) is 11.3. The van der Waals surface area contributed by atoms with Crippen LogP contribution in [0.15, 0.2) is 0 Å². The van der Waals surface area contributed by atoms with Crippen molar-refractivity contribution in [1.82, 2.24) is 5.32 Å². The molecule has 16 nitrogen and oxygen atoms in total. The minimum atomic E-state index is -1.58. The summed E-state index contributed by atoms with van der Waals surface area (Å²) in [6, 6.07) is -4.22. The molecule has 214 valence electrons. The van der Waals surface area contributed by atoms with Gasteiger partial charge in [0.15, 0.2) is 25.2 Å². The van der Waals surface area contributed by atoms with Gasteiger partial charge >= 0.3 is 0 Å². The Hall–Kier alpha value is -0.930. The Labute approximate surface area is 213 Å². The predicted octanol–water partition coefficient (Wildman–Crippen LogP) is -6.74. The van der Waals surface area contributed by atoms with Crippen LogP contribution in [0.5, 0.6) is 0 Å². The van der Waals surface area contributed by atoms with E-state index in [4.69, 9.17) is 46.6 Å². The SMILES string of the molecule is CNC1C(O)C2O[C@H](O[C@@H]3C(N)C[C@@H](N)C(O)C3O)C(N)C[C@@H]2O[C@@H]1O[C@H]1OC(C=O)[C@@H](N)C(O)C1O. The fourth-order valence-corrected chi connectivity index (χ4v) is 5.37. The molecule has 3 aliphatic heterocycles. The van der Waals surface area contributed by atoms with Gasteiger partial charge in [0.2, 0.25) is 0 Å². The van der Waals surface area contributed by atoms with Crippen LogP contribution in [0.4, 0.5) is 0 Å². The number of aldehydes is 1. The number of nitrogens with one attached hydrogen (secondary N) is 1. The van der Waals surface area contributed by atoms with E-state index in [9.17, 15) is 30.3 Å². The molecule has 4 aliphatic rings. The van der Waals surface area contributed by atoms with Gasteiger partial charge in [-0.15, -0.1) is 0 Å². The summed E-state index contributed by atoms with van der Waals surface area (Å²) in [5.74, 6) is 0. The molecular weight excluding hydrogens is 498 g/mol. The van der Waals surface area contributed by atoms with Gasteiger partial charge in [-0.3, -0.25) is 0 Å². The number of aliphatic hydroxyl groups is 5. The van der Waals surface area contributed by atoms with Crippen molar-refractivity contribution in [2.24, 2.45) is 22.9 Å². The number of nitrogens with two attached hydrogens (primary N) is 4. The van der Waals surface area contributed by atoms with Crippen molar-refractivity contribution in [3.63, 3.8) is 0 Å². The molecule has 0 aromatic carbocycles. The zero-order valence-corrected chi connectivity index (χ0v) is 20.3. The van der Waals surface area contributed by atoms with Crippen molar-refractivity contribution < 1.29 is 54.0 Å². The number of aliphatic hydroxyl groups excluding tert-OH is 5. The molecule has 17 atom stereocenters. The highest BCUT2D eigenvalue weighted by Crippen LogP contribution is 2.35. The third kappa shape index (κ3) is 5.56. The number of hydrogen-bond donors (Lipinski definition) is 10. The lowest BCUT2D eigenvalue weighted by molar-refractivity contribution is -0.369. The third-order valence-electron chi connectivity index (χ3n) is 7.63. The fourth-order valence-electron chi connectivity index (χ4n) is 5.37. The molecule has 10 unspecified atom stereocenters. The van der Waals surface area contributed by atoms with Gasteiger partial charge in [0.25, 0.3) is 0 Å². The maximum atomic E-state index is 11.3. The van der Waals surface area contributed by atoms with Crippen LogP contribution in [0.25, 0.3) is 0 Å².